The average molecular weight is 543 g/mol. The van der Waals surface area contributed by atoms with Crippen molar-refractivity contribution in [1.29, 1.82) is 0 Å². The average Bonchev–Trinajstić information content (AvgIpc) is 3.08. The molecule has 6 aromatic carbocycles. The van der Waals surface area contributed by atoms with Gasteiger partial charge in [0, 0.05) is 22.3 Å². The van der Waals surface area contributed by atoms with E-state index in [-0.39, 0.29) is 0 Å². The minimum Gasteiger partial charge on any atom is -0.376 e. The molecule has 6 aromatic rings. The van der Waals surface area contributed by atoms with Crippen molar-refractivity contribution in [2.75, 3.05) is 0 Å². The minimum absolute atomic E-state index is 0.689. The smallest absolute Gasteiger partial charge is 0.141 e. The van der Waals surface area contributed by atoms with E-state index in [9.17, 15) is 10.2 Å². The van der Waals surface area contributed by atoms with E-state index < -0.39 is 11.2 Å². The van der Waals surface area contributed by atoms with E-state index in [2.05, 4.69) is 11.8 Å². The molecular formula is C40H30O2. The summed E-state index contributed by atoms with van der Waals surface area (Å²) in [5.74, 6) is 6.74. The van der Waals surface area contributed by atoms with E-state index in [0.29, 0.717) is 22.3 Å². The molecule has 0 unspecified atom stereocenters. The lowest BCUT2D eigenvalue weighted by molar-refractivity contribution is 0.125. The molecule has 0 spiro atoms. The Morgan fingerprint density at radius 2 is 0.548 bits per heavy atom. The van der Waals surface area contributed by atoms with Gasteiger partial charge in [-0.2, -0.15) is 0 Å². The van der Waals surface area contributed by atoms with Gasteiger partial charge in [-0.1, -0.05) is 170 Å². The molecule has 0 saturated carbocycles. The van der Waals surface area contributed by atoms with E-state index in [1.165, 1.54) is 0 Å². The fourth-order valence-corrected chi connectivity index (χ4v) is 5.62. The topological polar surface area (TPSA) is 40.5 Å². The van der Waals surface area contributed by atoms with Crippen molar-refractivity contribution in [3.8, 4) is 11.8 Å². The first-order chi connectivity index (χ1) is 20.6. The molecule has 0 aliphatic carbocycles. The third kappa shape index (κ3) is 4.93. The van der Waals surface area contributed by atoms with Crippen LogP contribution >= 0.6 is 0 Å². The van der Waals surface area contributed by atoms with Crippen LogP contribution in [0.4, 0.5) is 0 Å². The molecule has 0 aliphatic heterocycles. The molecule has 0 amide bonds. The first-order valence-corrected chi connectivity index (χ1v) is 14.0. The molecule has 2 nitrogen and oxygen atoms in total. The van der Waals surface area contributed by atoms with Gasteiger partial charge in [-0.3, -0.25) is 0 Å². The Balaban J connectivity index is 1.53. The van der Waals surface area contributed by atoms with Crippen LogP contribution in [-0.2, 0) is 11.2 Å². The normalized spacial score (nSPS) is 11.4. The summed E-state index contributed by atoms with van der Waals surface area (Å²) in [6, 6.07) is 54.2. The largest absolute Gasteiger partial charge is 0.376 e. The molecule has 6 rings (SSSR count). The first-order valence-electron chi connectivity index (χ1n) is 14.0. The van der Waals surface area contributed by atoms with Crippen molar-refractivity contribution in [3.05, 3.63) is 214 Å². The lowest BCUT2D eigenvalue weighted by Gasteiger charge is -2.31. The maximum Gasteiger partial charge on any atom is 0.141 e. The van der Waals surface area contributed by atoms with E-state index in [4.69, 9.17) is 0 Å². The zero-order chi connectivity index (χ0) is 28.8. The van der Waals surface area contributed by atoms with E-state index in [1.807, 2.05) is 170 Å². The van der Waals surface area contributed by atoms with Crippen molar-refractivity contribution < 1.29 is 10.2 Å². The molecule has 2 heteroatoms. The fraction of sp³-hybridized carbons (Fsp3) is 0.0500. The van der Waals surface area contributed by atoms with Gasteiger partial charge in [-0.25, -0.2) is 0 Å². The third-order valence-electron chi connectivity index (χ3n) is 7.73. The molecule has 0 atom stereocenters. The minimum atomic E-state index is -1.41. The van der Waals surface area contributed by atoms with Crippen LogP contribution in [0.1, 0.15) is 44.5 Å². The molecule has 0 bridgehead atoms. The monoisotopic (exact) mass is 542 g/mol. The Morgan fingerprint density at radius 3 is 0.833 bits per heavy atom. The summed E-state index contributed by atoms with van der Waals surface area (Å²) in [4.78, 5) is 0. The molecule has 0 heterocycles. The summed E-state index contributed by atoms with van der Waals surface area (Å²) >= 11 is 0. The van der Waals surface area contributed by atoms with Crippen molar-refractivity contribution >= 4 is 0 Å². The Morgan fingerprint density at radius 1 is 0.310 bits per heavy atom. The summed E-state index contributed by atoms with van der Waals surface area (Å²) in [5.41, 5.74) is 2.98. The van der Waals surface area contributed by atoms with E-state index >= 15 is 0 Å². The second kappa shape index (κ2) is 11.7. The number of hydrogen-bond donors (Lipinski definition) is 2. The van der Waals surface area contributed by atoms with Crippen LogP contribution in [0.2, 0.25) is 0 Å². The molecule has 0 radical (unpaired) electrons. The van der Waals surface area contributed by atoms with Gasteiger partial charge in [0.15, 0.2) is 0 Å². The Kier molecular flexibility index (Phi) is 7.54. The molecule has 0 aliphatic rings. The fourth-order valence-electron chi connectivity index (χ4n) is 5.62. The predicted octanol–water partition coefficient (Wildman–Crippen LogP) is 7.65. The Labute approximate surface area is 247 Å². The van der Waals surface area contributed by atoms with Gasteiger partial charge >= 0.3 is 0 Å². The number of rotatable bonds is 6. The summed E-state index contributed by atoms with van der Waals surface area (Å²) < 4.78 is 0. The van der Waals surface area contributed by atoms with Crippen molar-refractivity contribution in [3.63, 3.8) is 0 Å². The standard InChI is InChI=1S/C40H30O2/c41-39(33-19-5-1-6-20-33,34-21-7-2-8-22-34)37-27-15-13-17-31(37)29-30-32-18-14-16-28-38(32)40(42,35-23-9-3-10-24-35)36-25-11-4-12-26-36/h1-28,41-42H. The highest BCUT2D eigenvalue weighted by Gasteiger charge is 2.36. The Bertz CT molecular complexity index is 1620. The van der Waals surface area contributed by atoms with Crippen LogP contribution in [0.25, 0.3) is 0 Å². The zero-order valence-corrected chi connectivity index (χ0v) is 23.1. The van der Waals surface area contributed by atoms with Crippen molar-refractivity contribution in [2.45, 2.75) is 11.2 Å². The van der Waals surface area contributed by atoms with Gasteiger partial charge in [-0.05, 0) is 34.4 Å². The summed E-state index contributed by atoms with van der Waals surface area (Å²) in [6.45, 7) is 0. The van der Waals surface area contributed by atoms with Gasteiger partial charge < -0.3 is 10.2 Å². The highest BCUT2D eigenvalue weighted by Crippen LogP contribution is 2.39. The number of hydrogen-bond acceptors (Lipinski definition) is 2. The van der Waals surface area contributed by atoms with Crippen molar-refractivity contribution in [1.82, 2.24) is 0 Å². The van der Waals surface area contributed by atoms with Gasteiger partial charge in [-0.15, -0.1) is 0 Å². The SMILES string of the molecule is OC(c1ccccc1)(c1ccccc1)c1ccccc1C#Cc1ccccc1C(O)(c1ccccc1)c1ccccc1. The second-order valence-corrected chi connectivity index (χ2v) is 10.2. The van der Waals surface area contributed by atoms with Crippen LogP contribution in [0.5, 0.6) is 0 Å². The van der Waals surface area contributed by atoms with Crippen LogP contribution in [0.3, 0.4) is 0 Å². The first kappa shape index (κ1) is 27.0. The van der Waals surface area contributed by atoms with E-state index in [0.717, 1.165) is 22.3 Å². The molecule has 0 aromatic heterocycles. The van der Waals surface area contributed by atoms with Gasteiger partial charge in [0.25, 0.3) is 0 Å². The summed E-state index contributed by atoms with van der Waals surface area (Å²) in [5, 5.41) is 25.0. The Hall–Kier alpha value is -5.20. The molecule has 2 N–H and O–H groups in total. The zero-order valence-electron chi connectivity index (χ0n) is 23.1. The quantitative estimate of drug-likeness (QED) is 0.168. The summed E-state index contributed by atoms with van der Waals surface area (Å²) in [7, 11) is 0. The number of benzene rings is 6. The van der Waals surface area contributed by atoms with Gasteiger partial charge in [0.05, 0.1) is 0 Å². The van der Waals surface area contributed by atoms with Crippen LogP contribution in [0.15, 0.2) is 170 Å². The highest BCUT2D eigenvalue weighted by molar-refractivity contribution is 5.59. The molecule has 0 fully saturated rings. The van der Waals surface area contributed by atoms with Gasteiger partial charge in [0.2, 0.25) is 0 Å². The maximum atomic E-state index is 12.5. The van der Waals surface area contributed by atoms with Crippen LogP contribution < -0.4 is 0 Å². The molecule has 0 saturated heterocycles. The van der Waals surface area contributed by atoms with E-state index in [1.54, 1.807) is 0 Å². The molecule has 202 valence electrons. The third-order valence-corrected chi connectivity index (χ3v) is 7.73. The second-order valence-electron chi connectivity index (χ2n) is 10.2. The number of aliphatic hydroxyl groups is 2. The maximum absolute atomic E-state index is 12.5. The highest BCUT2D eigenvalue weighted by atomic mass is 16.3. The van der Waals surface area contributed by atoms with Crippen LogP contribution in [-0.4, -0.2) is 10.2 Å². The van der Waals surface area contributed by atoms with Crippen LogP contribution in [0, 0.1) is 11.8 Å². The molecular weight excluding hydrogens is 512 g/mol. The summed E-state index contributed by atoms with van der Waals surface area (Å²) in [6.07, 6.45) is 0. The van der Waals surface area contributed by atoms with Gasteiger partial charge in [0.1, 0.15) is 11.2 Å². The molecule has 42 heavy (non-hydrogen) atoms. The lowest BCUT2D eigenvalue weighted by atomic mass is 9.78. The lowest BCUT2D eigenvalue weighted by Crippen LogP contribution is -2.30. The predicted molar refractivity (Wildman–Crippen MR) is 169 cm³/mol. The van der Waals surface area contributed by atoms with Crippen molar-refractivity contribution in [2.24, 2.45) is 0 Å².